The molecule has 0 aliphatic carbocycles. The topological polar surface area (TPSA) is 20.3 Å². The van der Waals surface area contributed by atoms with Crippen LogP contribution in [0.4, 0.5) is 0 Å². The van der Waals surface area contributed by atoms with E-state index in [0.717, 1.165) is 23.9 Å². The van der Waals surface area contributed by atoms with E-state index in [1.54, 1.807) is 11.8 Å². The number of carbonyl (C=O) groups is 1. The summed E-state index contributed by atoms with van der Waals surface area (Å²) in [6.07, 6.45) is 0. The van der Waals surface area contributed by atoms with Gasteiger partial charge in [-0.1, -0.05) is 6.92 Å². The van der Waals surface area contributed by atoms with Crippen LogP contribution in [0.2, 0.25) is 0 Å². The lowest BCUT2D eigenvalue weighted by atomic mass is 10.5. The fraction of sp³-hybridized carbons (Fsp3) is 0.857. The summed E-state index contributed by atoms with van der Waals surface area (Å²) >= 11 is 3.61. The number of carbonyl (C=O) groups excluding carboxylic acids is 1. The van der Waals surface area contributed by atoms with Crippen molar-refractivity contribution in [3.8, 4) is 0 Å². The second-order valence-electron chi connectivity index (χ2n) is 2.33. The van der Waals surface area contributed by atoms with E-state index in [2.05, 4.69) is 6.92 Å². The zero-order valence-corrected chi connectivity index (χ0v) is 8.34. The van der Waals surface area contributed by atoms with E-state index in [-0.39, 0.29) is 0 Å². The van der Waals surface area contributed by atoms with Crippen LogP contribution in [0, 0.1) is 0 Å². The molecule has 11 heavy (non-hydrogen) atoms. The van der Waals surface area contributed by atoms with E-state index in [4.69, 9.17) is 0 Å². The molecule has 0 atom stereocenters. The van der Waals surface area contributed by atoms with E-state index < -0.39 is 0 Å². The fourth-order valence-corrected chi connectivity index (χ4v) is 2.49. The van der Waals surface area contributed by atoms with Crippen molar-refractivity contribution in [1.29, 1.82) is 0 Å². The smallest absolute Gasteiger partial charge is 0.233 e. The van der Waals surface area contributed by atoms with Gasteiger partial charge in [-0.25, -0.2) is 0 Å². The molecular formula is C7H13NOS2. The summed E-state index contributed by atoms with van der Waals surface area (Å²) in [6, 6.07) is 0. The van der Waals surface area contributed by atoms with Crippen LogP contribution in [0.5, 0.6) is 0 Å². The standard InChI is InChI=1S/C7H13NOS2/c1-2-10-4-3-8-6-11-5-7(8)9/h2-6H2,1H3. The van der Waals surface area contributed by atoms with Crippen molar-refractivity contribution >= 4 is 29.4 Å². The summed E-state index contributed by atoms with van der Waals surface area (Å²) in [5.41, 5.74) is 0. The van der Waals surface area contributed by atoms with Crippen molar-refractivity contribution in [3.05, 3.63) is 0 Å². The van der Waals surface area contributed by atoms with Gasteiger partial charge in [0.25, 0.3) is 0 Å². The van der Waals surface area contributed by atoms with E-state index in [0.29, 0.717) is 11.7 Å². The third kappa shape index (κ3) is 2.95. The van der Waals surface area contributed by atoms with Crippen LogP contribution >= 0.6 is 23.5 Å². The average Bonchev–Trinajstić information content (AvgIpc) is 2.37. The summed E-state index contributed by atoms with van der Waals surface area (Å²) in [5.74, 6) is 4.14. The predicted molar refractivity (Wildman–Crippen MR) is 52.0 cm³/mol. The lowest BCUT2D eigenvalue weighted by Gasteiger charge is -2.13. The lowest BCUT2D eigenvalue weighted by Crippen LogP contribution is -2.27. The molecule has 1 heterocycles. The van der Waals surface area contributed by atoms with Crippen molar-refractivity contribution in [2.24, 2.45) is 0 Å². The minimum absolute atomic E-state index is 0.312. The van der Waals surface area contributed by atoms with E-state index in [1.165, 1.54) is 0 Å². The van der Waals surface area contributed by atoms with Crippen molar-refractivity contribution < 1.29 is 4.79 Å². The highest BCUT2D eigenvalue weighted by molar-refractivity contribution is 8.00. The molecule has 0 unspecified atom stereocenters. The number of hydrogen-bond acceptors (Lipinski definition) is 3. The Morgan fingerprint density at radius 3 is 3.09 bits per heavy atom. The highest BCUT2D eigenvalue weighted by Crippen LogP contribution is 2.15. The van der Waals surface area contributed by atoms with Crippen molar-refractivity contribution in [2.75, 3.05) is 29.7 Å². The molecule has 1 amide bonds. The van der Waals surface area contributed by atoms with Gasteiger partial charge in [0.1, 0.15) is 0 Å². The molecule has 4 heteroatoms. The van der Waals surface area contributed by atoms with Gasteiger partial charge in [0.05, 0.1) is 11.6 Å². The molecule has 2 nitrogen and oxygen atoms in total. The number of rotatable bonds is 4. The molecule has 1 aliphatic heterocycles. The highest BCUT2D eigenvalue weighted by atomic mass is 32.2. The second-order valence-corrected chi connectivity index (χ2v) is 4.68. The molecule has 0 aromatic carbocycles. The Bertz CT molecular complexity index is 140. The SMILES string of the molecule is CCSCCN1CSCC1=O. The van der Waals surface area contributed by atoms with E-state index in [1.807, 2.05) is 16.7 Å². The summed E-state index contributed by atoms with van der Waals surface area (Å²) in [6.45, 7) is 3.08. The van der Waals surface area contributed by atoms with E-state index in [9.17, 15) is 4.79 Å². The van der Waals surface area contributed by atoms with Gasteiger partial charge in [-0.05, 0) is 5.75 Å². The van der Waals surface area contributed by atoms with Gasteiger partial charge < -0.3 is 4.90 Å². The minimum atomic E-state index is 0.312. The maximum atomic E-state index is 11.1. The molecule has 1 saturated heterocycles. The first-order chi connectivity index (χ1) is 5.34. The van der Waals surface area contributed by atoms with Crippen LogP contribution in [0.3, 0.4) is 0 Å². The number of hydrogen-bond donors (Lipinski definition) is 0. The molecule has 0 radical (unpaired) electrons. The molecular weight excluding hydrogens is 178 g/mol. The monoisotopic (exact) mass is 191 g/mol. The fourth-order valence-electron chi connectivity index (χ4n) is 0.915. The van der Waals surface area contributed by atoms with Gasteiger partial charge in [-0.15, -0.1) is 11.8 Å². The third-order valence-electron chi connectivity index (χ3n) is 1.54. The zero-order valence-electron chi connectivity index (χ0n) is 6.71. The summed E-state index contributed by atoms with van der Waals surface area (Å²) in [4.78, 5) is 13.0. The maximum absolute atomic E-state index is 11.1. The molecule has 1 fully saturated rings. The van der Waals surface area contributed by atoms with Crippen LogP contribution in [-0.4, -0.2) is 40.5 Å². The molecule has 1 aliphatic rings. The Labute approximate surface area is 76.1 Å². The van der Waals surface area contributed by atoms with Crippen molar-refractivity contribution in [1.82, 2.24) is 4.90 Å². The zero-order chi connectivity index (χ0) is 8.10. The second kappa shape index (κ2) is 4.93. The van der Waals surface area contributed by atoms with Gasteiger partial charge in [0.2, 0.25) is 5.91 Å². The Morgan fingerprint density at radius 2 is 2.55 bits per heavy atom. The molecule has 0 aromatic heterocycles. The Balaban J connectivity index is 2.10. The number of amides is 1. The maximum Gasteiger partial charge on any atom is 0.233 e. The Hall–Kier alpha value is 0.170. The number of thioether (sulfide) groups is 2. The van der Waals surface area contributed by atoms with Gasteiger partial charge in [0, 0.05) is 12.3 Å². The Morgan fingerprint density at radius 1 is 1.73 bits per heavy atom. The van der Waals surface area contributed by atoms with Crippen LogP contribution < -0.4 is 0 Å². The van der Waals surface area contributed by atoms with Gasteiger partial charge in [-0.2, -0.15) is 11.8 Å². The highest BCUT2D eigenvalue weighted by Gasteiger charge is 2.19. The van der Waals surface area contributed by atoms with Crippen molar-refractivity contribution in [3.63, 3.8) is 0 Å². The largest absolute Gasteiger partial charge is 0.332 e. The van der Waals surface area contributed by atoms with E-state index >= 15 is 0 Å². The number of nitrogens with zero attached hydrogens (tertiary/aromatic N) is 1. The first-order valence-electron chi connectivity index (χ1n) is 3.78. The van der Waals surface area contributed by atoms with Crippen LogP contribution in [-0.2, 0) is 4.79 Å². The molecule has 1 rings (SSSR count). The first kappa shape index (κ1) is 9.26. The molecule has 0 spiro atoms. The summed E-state index contributed by atoms with van der Waals surface area (Å²) < 4.78 is 0. The third-order valence-corrected chi connectivity index (χ3v) is 3.36. The first-order valence-corrected chi connectivity index (χ1v) is 6.08. The molecule has 0 saturated carbocycles. The molecule has 64 valence electrons. The van der Waals surface area contributed by atoms with Crippen LogP contribution in [0.25, 0.3) is 0 Å². The summed E-state index contributed by atoms with van der Waals surface area (Å²) in [5, 5.41) is 0. The van der Waals surface area contributed by atoms with Crippen LogP contribution in [0.15, 0.2) is 0 Å². The molecule has 0 bridgehead atoms. The van der Waals surface area contributed by atoms with Crippen LogP contribution in [0.1, 0.15) is 6.92 Å². The molecule has 0 aromatic rings. The summed E-state index contributed by atoms with van der Waals surface area (Å²) in [7, 11) is 0. The quantitative estimate of drug-likeness (QED) is 0.624. The Kier molecular flexibility index (Phi) is 4.15. The predicted octanol–water partition coefficient (Wildman–Crippen LogP) is 1.27. The lowest BCUT2D eigenvalue weighted by molar-refractivity contribution is -0.126. The van der Waals surface area contributed by atoms with Gasteiger partial charge in [-0.3, -0.25) is 4.79 Å². The average molecular weight is 191 g/mol. The minimum Gasteiger partial charge on any atom is -0.332 e. The van der Waals surface area contributed by atoms with Crippen molar-refractivity contribution in [2.45, 2.75) is 6.92 Å². The van der Waals surface area contributed by atoms with Gasteiger partial charge in [0.15, 0.2) is 0 Å². The molecule has 0 N–H and O–H groups in total. The van der Waals surface area contributed by atoms with Gasteiger partial charge >= 0.3 is 0 Å². The normalized spacial score (nSPS) is 17.9.